The van der Waals surface area contributed by atoms with E-state index in [1.165, 1.54) is 28.8 Å². The largest absolute Gasteiger partial charge is 0.461 e. The summed E-state index contributed by atoms with van der Waals surface area (Å²) in [7, 11) is 0. The first-order valence-electron chi connectivity index (χ1n) is 10.2. The minimum atomic E-state index is -4.89. The molecule has 3 aromatic carbocycles. The summed E-state index contributed by atoms with van der Waals surface area (Å²) >= 11 is 1.38. The summed E-state index contributed by atoms with van der Waals surface area (Å²) in [6, 6.07) is 20.6. The van der Waals surface area contributed by atoms with Crippen LogP contribution in [0.3, 0.4) is 0 Å². The second kappa shape index (κ2) is 11.2. The number of rotatable bonds is 10. The predicted molar refractivity (Wildman–Crippen MR) is 118 cm³/mol. The van der Waals surface area contributed by atoms with E-state index in [4.69, 9.17) is 0 Å². The molecule has 0 saturated heterocycles. The molecule has 0 fully saturated rings. The van der Waals surface area contributed by atoms with Gasteiger partial charge in [-0.2, -0.15) is 30.7 Å². The number of hydrogen-bond acceptors (Lipinski definition) is 4. The Kier molecular flexibility index (Phi) is 8.55. The first-order valence-corrected chi connectivity index (χ1v) is 11.0. The van der Waals surface area contributed by atoms with Crippen molar-refractivity contribution in [2.75, 3.05) is 11.4 Å². The van der Waals surface area contributed by atoms with E-state index < -0.39 is 37.1 Å². The monoisotopic (exact) mass is 519 g/mol. The molecule has 11 heteroatoms. The van der Waals surface area contributed by atoms with Crippen LogP contribution in [0.15, 0.2) is 88.7 Å². The summed E-state index contributed by atoms with van der Waals surface area (Å²) < 4.78 is 94.9. The maximum Gasteiger partial charge on any atom is 0.461 e. The zero-order valence-electron chi connectivity index (χ0n) is 17.9. The van der Waals surface area contributed by atoms with Crippen LogP contribution in [0.5, 0.6) is 5.75 Å². The smallest absolute Gasteiger partial charge is 0.428 e. The quantitative estimate of drug-likeness (QED) is 0.292. The molecule has 0 aromatic heterocycles. The van der Waals surface area contributed by atoms with E-state index in [0.717, 1.165) is 17.0 Å². The Morgan fingerprint density at radius 3 is 2.14 bits per heavy atom. The molecule has 0 amide bonds. The third kappa shape index (κ3) is 7.79. The zero-order valence-corrected chi connectivity index (χ0v) is 18.7. The molecule has 0 aliphatic heterocycles. The lowest BCUT2D eigenvalue weighted by atomic mass is 10.1. The van der Waals surface area contributed by atoms with Crippen molar-refractivity contribution in [1.82, 2.24) is 0 Å². The van der Waals surface area contributed by atoms with Crippen LogP contribution in [0.2, 0.25) is 0 Å². The number of ether oxygens (including phenoxy) is 1. The Balaban J connectivity index is 1.87. The summed E-state index contributed by atoms with van der Waals surface area (Å²) in [5.41, 5.74) is 0.543. The van der Waals surface area contributed by atoms with E-state index >= 15 is 0 Å². The van der Waals surface area contributed by atoms with Gasteiger partial charge in [-0.15, -0.1) is 0 Å². The summed E-state index contributed by atoms with van der Waals surface area (Å²) in [5, 5.41) is 9.69. The third-order valence-electron chi connectivity index (χ3n) is 4.71. The van der Waals surface area contributed by atoms with Crippen molar-refractivity contribution in [3.63, 3.8) is 0 Å². The molecular formula is C24H20F7NO2S. The summed E-state index contributed by atoms with van der Waals surface area (Å²) in [6.07, 6.45) is -16.4. The van der Waals surface area contributed by atoms with Crippen molar-refractivity contribution in [2.45, 2.75) is 41.2 Å². The van der Waals surface area contributed by atoms with E-state index in [0.29, 0.717) is 10.6 Å². The molecule has 3 rings (SSSR count). The number of aliphatic hydroxyl groups is 1. The molecule has 35 heavy (non-hydrogen) atoms. The highest BCUT2D eigenvalue weighted by atomic mass is 32.2. The predicted octanol–water partition coefficient (Wildman–Crippen LogP) is 7.00. The molecule has 1 atom stereocenters. The van der Waals surface area contributed by atoms with Gasteiger partial charge in [0.2, 0.25) is 0 Å². The second-order valence-electron chi connectivity index (χ2n) is 7.46. The fourth-order valence-electron chi connectivity index (χ4n) is 3.07. The Morgan fingerprint density at radius 2 is 1.49 bits per heavy atom. The molecule has 3 aromatic rings. The van der Waals surface area contributed by atoms with E-state index in [9.17, 15) is 35.8 Å². The maximum absolute atomic E-state index is 13.3. The van der Waals surface area contributed by atoms with Gasteiger partial charge in [0.25, 0.3) is 0 Å². The van der Waals surface area contributed by atoms with Gasteiger partial charge in [-0.05, 0) is 48.0 Å². The number of benzene rings is 3. The van der Waals surface area contributed by atoms with Crippen molar-refractivity contribution in [3.05, 3.63) is 84.4 Å². The highest BCUT2D eigenvalue weighted by Gasteiger charge is 2.44. The molecule has 0 spiro atoms. The van der Waals surface area contributed by atoms with Gasteiger partial charge in [0.05, 0.1) is 6.54 Å². The molecule has 1 N–H and O–H groups in total. The van der Waals surface area contributed by atoms with Crippen LogP contribution in [0.1, 0.15) is 5.56 Å². The fourth-order valence-corrected chi connectivity index (χ4v) is 3.96. The molecule has 0 aliphatic carbocycles. The van der Waals surface area contributed by atoms with Crippen LogP contribution in [-0.2, 0) is 6.54 Å². The van der Waals surface area contributed by atoms with E-state index in [1.54, 1.807) is 24.3 Å². The normalized spacial score (nSPS) is 13.1. The lowest BCUT2D eigenvalue weighted by molar-refractivity contribution is -0.253. The maximum atomic E-state index is 13.3. The van der Waals surface area contributed by atoms with Gasteiger partial charge >= 0.3 is 18.7 Å². The number of alkyl halides is 7. The third-order valence-corrected chi connectivity index (χ3v) is 5.71. The van der Waals surface area contributed by atoms with E-state index in [1.807, 2.05) is 30.3 Å². The van der Waals surface area contributed by atoms with Crippen LogP contribution >= 0.6 is 11.8 Å². The average molecular weight is 519 g/mol. The Bertz CT molecular complexity index is 1100. The molecule has 0 saturated carbocycles. The fraction of sp³-hybridized carbons (Fsp3) is 0.250. The van der Waals surface area contributed by atoms with Crippen molar-refractivity contribution in [3.8, 4) is 5.75 Å². The van der Waals surface area contributed by atoms with Gasteiger partial charge in [-0.1, -0.05) is 48.2 Å². The van der Waals surface area contributed by atoms with Gasteiger partial charge in [-0.25, -0.2) is 0 Å². The number of hydrogen-bond donors (Lipinski definition) is 1. The second-order valence-corrected chi connectivity index (χ2v) is 8.61. The van der Waals surface area contributed by atoms with Crippen molar-refractivity contribution < 1.29 is 40.6 Å². The molecular weight excluding hydrogens is 499 g/mol. The van der Waals surface area contributed by atoms with Crippen molar-refractivity contribution >= 4 is 17.4 Å². The number of halogens is 7. The van der Waals surface area contributed by atoms with Crippen molar-refractivity contribution in [2.24, 2.45) is 0 Å². The topological polar surface area (TPSA) is 32.7 Å². The van der Waals surface area contributed by atoms with Gasteiger partial charge in [0.1, 0.15) is 5.75 Å². The zero-order chi connectivity index (χ0) is 25.6. The van der Waals surface area contributed by atoms with Crippen LogP contribution in [-0.4, -0.2) is 36.5 Å². The van der Waals surface area contributed by atoms with E-state index in [-0.39, 0.29) is 12.1 Å². The number of aliphatic hydroxyl groups excluding tert-OH is 1. The van der Waals surface area contributed by atoms with E-state index in [2.05, 4.69) is 4.74 Å². The number of anilines is 1. The Hall–Kier alpha value is -2.92. The minimum absolute atomic E-state index is 0.211. The molecule has 0 aliphatic rings. The summed E-state index contributed by atoms with van der Waals surface area (Å²) in [5.74, 6) is -0.572. The lowest BCUT2D eigenvalue weighted by Gasteiger charge is -2.29. The highest BCUT2D eigenvalue weighted by Crippen LogP contribution is 2.33. The van der Waals surface area contributed by atoms with Crippen LogP contribution in [0.25, 0.3) is 0 Å². The standard InChI is InChI=1S/C24H20F7NO2S/c25-22(26)24(30,31)34-18-8-4-6-16(12-18)14-32(15-21(33)23(27,28)29)17-7-5-11-20(13-17)35-19-9-2-1-3-10-19/h1-13,21-22,33H,14-15H2. The molecule has 188 valence electrons. The summed E-state index contributed by atoms with van der Waals surface area (Å²) in [6.45, 7) is -1.09. The van der Waals surface area contributed by atoms with Crippen molar-refractivity contribution in [1.29, 1.82) is 0 Å². The lowest BCUT2D eigenvalue weighted by Crippen LogP contribution is -2.40. The highest BCUT2D eigenvalue weighted by molar-refractivity contribution is 7.99. The number of nitrogens with zero attached hydrogens (tertiary/aromatic N) is 1. The van der Waals surface area contributed by atoms with Crippen LogP contribution in [0.4, 0.5) is 36.4 Å². The molecule has 1 unspecified atom stereocenters. The summed E-state index contributed by atoms with van der Waals surface area (Å²) in [4.78, 5) is 2.84. The molecule has 0 heterocycles. The van der Waals surface area contributed by atoms with Gasteiger partial charge in [-0.3, -0.25) is 0 Å². The molecule has 0 bridgehead atoms. The van der Waals surface area contributed by atoms with Gasteiger partial charge in [0.15, 0.2) is 6.10 Å². The Labute approximate surface area is 201 Å². The minimum Gasteiger partial charge on any atom is -0.428 e. The van der Waals surface area contributed by atoms with Gasteiger partial charge < -0.3 is 14.7 Å². The van der Waals surface area contributed by atoms with Crippen LogP contribution < -0.4 is 9.64 Å². The first-order chi connectivity index (χ1) is 16.4. The SMILES string of the molecule is OC(CN(Cc1cccc(OC(F)(F)C(F)F)c1)c1cccc(Sc2ccccc2)c1)C(F)(F)F. The average Bonchev–Trinajstić information content (AvgIpc) is 2.79. The molecule has 0 radical (unpaired) electrons. The Morgan fingerprint density at radius 1 is 0.829 bits per heavy atom. The first kappa shape index (κ1) is 26.7. The molecule has 3 nitrogen and oxygen atoms in total. The van der Waals surface area contributed by atoms with Gasteiger partial charge in [0, 0.05) is 22.0 Å². The van der Waals surface area contributed by atoms with Crippen LogP contribution in [0, 0.1) is 0 Å².